The summed E-state index contributed by atoms with van der Waals surface area (Å²) in [5, 5.41) is 0. The predicted molar refractivity (Wildman–Crippen MR) is 122 cm³/mol. The van der Waals surface area contributed by atoms with E-state index in [-0.39, 0.29) is 0 Å². The number of nitrogens with zero attached hydrogens (tertiary/aromatic N) is 2. The van der Waals surface area contributed by atoms with Crippen LogP contribution < -0.4 is 4.57 Å². The largest absolute Gasteiger partial charge is 0.254 e. The van der Waals surface area contributed by atoms with Crippen molar-refractivity contribution in [2.45, 2.75) is 53.4 Å². The number of aryl methyl sites for hydroxylation is 2. The van der Waals surface area contributed by atoms with Crippen molar-refractivity contribution in [1.82, 2.24) is 4.40 Å². The molecule has 4 rings (SSSR count). The first-order chi connectivity index (χ1) is 13.9. The van der Waals surface area contributed by atoms with Gasteiger partial charge < -0.3 is 0 Å². The molecule has 2 aromatic heterocycles. The zero-order chi connectivity index (χ0) is 20.7. The van der Waals surface area contributed by atoms with E-state index in [0.717, 1.165) is 0 Å². The third-order valence-electron chi connectivity index (χ3n) is 5.91. The van der Waals surface area contributed by atoms with Gasteiger partial charge in [0.2, 0.25) is 0 Å². The molecule has 2 heterocycles. The summed E-state index contributed by atoms with van der Waals surface area (Å²) in [6.07, 6.45) is 4.52. The van der Waals surface area contributed by atoms with Gasteiger partial charge in [-0.2, -0.15) is 4.40 Å². The summed E-state index contributed by atoms with van der Waals surface area (Å²) in [7, 11) is 0. The van der Waals surface area contributed by atoms with E-state index in [4.69, 9.17) is 0 Å². The van der Waals surface area contributed by atoms with Crippen molar-refractivity contribution < 1.29 is 4.57 Å². The van der Waals surface area contributed by atoms with Crippen LogP contribution >= 0.6 is 0 Å². The molecule has 0 atom stereocenters. The van der Waals surface area contributed by atoms with Crippen molar-refractivity contribution in [2.24, 2.45) is 0 Å². The maximum Gasteiger partial charge on any atom is 0.254 e. The van der Waals surface area contributed by atoms with Crippen molar-refractivity contribution in [2.75, 3.05) is 0 Å². The molecule has 0 saturated carbocycles. The van der Waals surface area contributed by atoms with Gasteiger partial charge in [0.15, 0.2) is 5.52 Å². The number of imidazole rings is 1. The van der Waals surface area contributed by atoms with Crippen LogP contribution in [0.5, 0.6) is 0 Å². The van der Waals surface area contributed by atoms with Gasteiger partial charge in [0.25, 0.3) is 6.33 Å². The molecular formula is C27H31N2+. The minimum Gasteiger partial charge on any atom is -0.201 e. The lowest BCUT2D eigenvalue weighted by molar-refractivity contribution is -0.595. The van der Waals surface area contributed by atoms with E-state index in [9.17, 15) is 0 Å². The highest BCUT2D eigenvalue weighted by atomic mass is 15.1. The Kier molecular flexibility index (Phi) is 5.04. The van der Waals surface area contributed by atoms with Gasteiger partial charge in [-0.25, -0.2) is 4.57 Å². The number of para-hydroxylation sites is 1. The quantitative estimate of drug-likeness (QED) is 0.345. The molecule has 0 spiro atoms. The van der Waals surface area contributed by atoms with Crippen LogP contribution in [0.3, 0.4) is 0 Å². The fourth-order valence-electron chi connectivity index (χ4n) is 4.43. The van der Waals surface area contributed by atoms with Gasteiger partial charge in [0.1, 0.15) is 17.6 Å². The Labute approximate surface area is 174 Å². The van der Waals surface area contributed by atoms with Crippen LogP contribution in [-0.2, 0) is 0 Å². The number of fused-ring (bicyclic) bond motifs is 1. The molecule has 0 bridgehead atoms. The Morgan fingerprint density at radius 1 is 0.724 bits per heavy atom. The van der Waals surface area contributed by atoms with Crippen LogP contribution in [0, 0.1) is 13.8 Å². The SMILES string of the molecule is Cc1cccc(C)c1-c1cccc2c[n+](-c3c(C(C)C)cccc3C(C)C)cn12. The summed E-state index contributed by atoms with van der Waals surface area (Å²) in [5.74, 6) is 0.939. The third kappa shape index (κ3) is 3.37. The van der Waals surface area contributed by atoms with E-state index < -0.39 is 0 Å². The Bertz CT molecular complexity index is 1130. The van der Waals surface area contributed by atoms with E-state index in [1.807, 2.05) is 0 Å². The minimum atomic E-state index is 0.470. The average Bonchev–Trinajstić information content (AvgIpc) is 3.12. The fraction of sp³-hybridized carbons (Fsp3) is 0.296. The lowest BCUT2D eigenvalue weighted by atomic mass is 9.92. The molecule has 4 aromatic rings. The van der Waals surface area contributed by atoms with Crippen molar-refractivity contribution in [3.63, 3.8) is 0 Å². The van der Waals surface area contributed by atoms with Gasteiger partial charge in [0.05, 0.1) is 0 Å². The summed E-state index contributed by atoms with van der Waals surface area (Å²) in [6, 6.07) is 19.9. The summed E-state index contributed by atoms with van der Waals surface area (Å²) < 4.78 is 4.66. The second-order valence-electron chi connectivity index (χ2n) is 8.72. The van der Waals surface area contributed by atoms with Crippen molar-refractivity contribution in [3.8, 4) is 16.9 Å². The lowest BCUT2D eigenvalue weighted by Gasteiger charge is -2.16. The number of rotatable bonds is 4. The number of benzene rings is 2. The minimum absolute atomic E-state index is 0.470. The molecule has 148 valence electrons. The van der Waals surface area contributed by atoms with E-state index in [0.29, 0.717) is 11.8 Å². The Morgan fingerprint density at radius 2 is 1.28 bits per heavy atom. The normalized spacial score (nSPS) is 11.7. The monoisotopic (exact) mass is 383 g/mol. The number of pyridine rings is 1. The standard InChI is InChI=1S/C27H31N2/c1-18(2)23-13-9-14-24(19(3)4)27(23)28-16-22-12-8-15-25(29(22)17-28)26-20(5)10-7-11-21(26)6/h7-19H,1-6H3/q+1. The summed E-state index contributed by atoms with van der Waals surface area (Å²) in [4.78, 5) is 0. The van der Waals surface area contributed by atoms with Gasteiger partial charge >= 0.3 is 0 Å². The highest BCUT2D eigenvalue weighted by Gasteiger charge is 2.22. The summed E-state index contributed by atoms with van der Waals surface area (Å²) in [6.45, 7) is 13.5. The molecule has 29 heavy (non-hydrogen) atoms. The molecule has 0 aliphatic rings. The van der Waals surface area contributed by atoms with Crippen molar-refractivity contribution >= 4 is 5.52 Å². The highest BCUT2D eigenvalue weighted by molar-refractivity contribution is 5.70. The van der Waals surface area contributed by atoms with E-state index in [1.54, 1.807) is 0 Å². The molecule has 2 aromatic carbocycles. The zero-order valence-corrected chi connectivity index (χ0v) is 18.4. The molecule has 0 aliphatic carbocycles. The van der Waals surface area contributed by atoms with E-state index >= 15 is 0 Å². The molecule has 0 aliphatic heterocycles. The first kappa shape index (κ1) is 19.4. The highest BCUT2D eigenvalue weighted by Crippen LogP contribution is 2.30. The smallest absolute Gasteiger partial charge is 0.201 e. The van der Waals surface area contributed by atoms with Crippen LogP contribution in [0.25, 0.3) is 22.5 Å². The van der Waals surface area contributed by atoms with Gasteiger partial charge in [0, 0.05) is 16.7 Å². The summed E-state index contributed by atoms with van der Waals surface area (Å²) >= 11 is 0. The van der Waals surface area contributed by atoms with Gasteiger partial charge in [-0.3, -0.25) is 0 Å². The molecule has 0 fully saturated rings. The Balaban J connectivity index is 2.01. The average molecular weight is 384 g/mol. The van der Waals surface area contributed by atoms with E-state index in [2.05, 4.69) is 118 Å². The van der Waals surface area contributed by atoms with Gasteiger partial charge in [-0.1, -0.05) is 70.2 Å². The molecule has 0 N–H and O–H groups in total. The Morgan fingerprint density at radius 3 is 1.86 bits per heavy atom. The molecule has 0 radical (unpaired) electrons. The molecular weight excluding hydrogens is 352 g/mol. The van der Waals surface area contributed by atoms with E-state index in [1.165, 1.54) is 44.7 Å². The number of aromatic nitrogens is 2. The Hall–Kier alpha value is -2.87. The summed E-state index contributed by atoms with van der Waals surface area (Å²) in [5.41, 5.74) is 10.5. The molecule has 0 saturated heterocycles. The molecule has 0 amide bonds. The number of hydrogen-bond donors (Lipinski definition) is 0. The second-order valence-corrected chi connectivity index (χ2v) is 8.72. The maximum atomic E-state index is 2.33. The first-order valence-electron chi connectivity index (χ1n) is 10.6. The fourth-order valence-corrected chi connectivity index (χ4v) is 4.43. The number of hydrogen-bond acceptors (Lipinski definition) is 0. The molecule has 2 heteroatoms. The molecule has 2 nitrogen and oxygen atoms in total. The topological polar surface area (TPSA) is 8.29 Å². The van der Waals surface area contributed by atoms with Crippen LogP contribution in [-0.4, -0.2) is 4.40 Å². The zero-order valence-electron chi connectivity index (χ0n) is 18.4. The van der Waals surface area contributed by atoms with Gasteiger partial charge in [-0.15, -0.1) is 0 Å². The van der Waals surface area contributed by atoms with Crippen LogP contribution in [0.1, 0.15) is 61.8 Å². The molecule has 0 unspecified atom stereocenters. The predicted octanol–water partition coefficient (Wildman–Crippen LogP) is 6.75. The van der Waals surface area contributed by atoms with Crippen LogP contribution in [0.2, 0.25) is 0 Å². The van der Waals surface area contributed by atoms with Crippen LogP contribution in [0.15, 0.2) is 67.1 Å². The van der Waals surface area contributed by atoms with Crippen LogP contribution in [0.4, 0.5) is 0 Å². The second kappa shape index (κ2) is 7.51. The first-order valence-corrected chi connectivity index (χ1v) is 10.6. The van der Waals surface area contributed by atoms with Crippen molar-refractivity contribution in [1.29, 1.82) is 0 Å². The third-order valence-corrected chi connectivity index (χ3v) is 5.91. The van der Waals surface area contributed by atoms with Crippen molar-refractivity contribution in [3.05, 3.63) is 89.4 Å². The maximum absolute atomic E-state index is 2.33. The van der Waals surface area contributed by atoms with Gasteiger partial charge in [-0.05, 0) is 48.9 Å². The lowest BCUT2D eigenvalue weighted by Crippen LogP contribution is -2.31.